The van der Waals surface area contributed by atoms with Gasteiger partial charge in [0.25, 0.3) is 0 Å². The molecule has 0 fully saturated rings. The predicted octanol–water partition coefficient (Wildman–Crippen LogP) is 3.53. The first-order chi connectivity index (χ1) is 8.84. The van der Waals surface area contributed by atoms with Gasteiger partial charge in [0.15, 0.2) is 0 Å². The number of hydrogen-bond acceptors (Lipinski definition) is 2. The fraction of sp³-hybridized carbons (Fsp3) is 0.500. The Kier molecular flexibility index (Phi) is 5.11. The first-order valence-corrected chi connectivity index (χ1v) is 6.61. The summed E-state index contributed by atoms with van der Waals surface area (Å²) in [7, 11) is 0. The molecule has 0 unspecified atom stereocenters. The van der Waals surface area contributed by atoms with Crippen LogP contribution in [-0.2, 0) is 4.79 Å². The molecule has 0 spiro atoms. The van der Waals surface area contributed by atoms with Crippen LogP contribution in [0.2, 0.25) is 0 Å². The number of anilines is 1. The number of nitrogens with zero attached hydrogens (tertiary/aromatic N) is 1. The summed E-state index contributed by atoms with van der Waals surface area (Å²) in [5.74, 6) is 6.74. The van der Waals surface area contributed by atoms with Gasteiger partial charge in [-0.25, -0.2) is 4.98 Å². The van der Waals surface area contributed by atoms with Crippen LogP contribution in [0.15, 0.2) is 12.3 Å². The second kappa shape index (κ2) is 6.38. The fourth-order valence-corrected chi connectivity index (χ4v) is 1.34. The van der Waals surface area contributed by atoms with Gasteiger partial charge in [0.2, 0.25) is 5.91 Å². The Morgan fingerprint density at radius 2 is 2.11 bits per heavy atom. The molecule has 0 saturated carbocycles. The van der Waals surface area contributed by atoms with Crippen molar-refractivity contribution in [2.75, 3.05) is 5.32 Å². The molecule has 102 valence electrons. The number of aromatic nitrogens is 1. The average molecular weight is 258 g/mol. The highest BCUT2D eigenvalue weighted by Gasteiger charge is 2.21. The summed E-state index contributed by atoms with van der Waals surface area (Å²) < 4.78 is 0. The molecule has 1 heterocycles. The van der Waals surface area contributed by atoms with Crippen molar-refractivity contribution in [2.24, 2.45) is 5.41 Å². The normalized spacial score (nSPS) is 10.6. The van der Waals surface area contributed by atoms with Gasteiger partial charge in [-0.15, -0.1) is 0 Å². The molecule has 0 atom stereocenters. The Morgan fingerprint density at radius 3 is 2.63 bits per heavy atom. The Labute approximate surface area is 115 Å². The molecule has 0 aliphatic rings. The molecule has 0 bridgehead atoms. The molecule has 3 heteroatoms. The standard InChI is InChI=1S/C16H22N2O/c1-6-7-8-9-13-11-17-14(10-12(13)2)18-15(19)16(3,4)5/h10-11H,6-7H2,1-5H3,(H,17,18,19). The molecule has 1 rings (SSSR count). The van der Waals surface area contributed by atoms with Gasteiger partial charge in [-0.2, -0.15) is 0 Å². The highest BCUT2D eigenvalue weighted by molar-refractivity contribution is 5.93. The zero-order valence-corrected chi connectivity index (χ0v) is 12.4. The van der Waals surface area contributed by atoms with E-state index in [1.54, 1.807) is 6.20 Å². The third-order valence-corrected chi connectivity index (χ3v) is 2.63. The lowest BCUT2D eigenvalue weighted by molar-refractivity contribution is -0.123. The van der Waals surface area contributed by atoms with Crippen molar-refractivity contribution in [3.8, 4) is 11.8 Å². The second-order valence-electron chi connectivity index (χ2n) is 5.64. The van der Waals surface area contributed by atoms with Gasteiger partial charge < -0.3 is 5.32 Å². The zero-order valence-electron chi connectivity index (χ0n) is 12.4. The van der Waals surface area contributed by atoms with E-state index in [4.69, 9.17) is 0 Å². The van der Waals surface area contributed by atoms with E-state index >= 15 is 0 Å². The molecule has 3 nitrogen and oxygen atoms in total. The molecular formula is C16H22N2O. The SMILES string of the molecule is CCCC#Cc1cnc(NC(=O)C(C)(C)C)cc1C. The Hall–Kier alpha value is -1.82. The number of pyridine rings is 1. The van der Waals surface area contributed by atoms with E-state index in [0.717, 1.165) is 24.0 Å². The van der Waals surface area contributed by atoms with Gasteiger partial charge in [0.1, 0.15) is 5.82 Å². The van der Waals surface area contributed by atoms with E-state index in [9.17, 15) is 4.79 Å². The van der Waals surface area contributed by atoms with E-state index < -0.39 is 5.41 Å². The van der Waals surface area contributed by atoms with Crippen molar-refractivity contribution in [1.29, 1.82) is 0 Å². The summed E-state index contributed by atoms with van der Waals surface area (Å²) in [5.41, 5.74) is 1.53. The van der Waals surface area contributed by atoms with Crippen molar-refractivity contribution >= 4 is 11.7 Å². The van der Waals surface area contributed by atoms with Crippen molar-refractivity contribution in [2.45, 2.75) is 47.5 Å². The minimum Gasteiger partial charge on any atom is -0.310 e. The third-order valence-electron chi connectivity index (χ3n) is 2.63. The van der Waals surface area contributed by atoms with Crippen molar-refractivity contribution in [3.05, 3.63) is 23.4 Å². The highest BCUT2D eigenvalue weighted by Crippen LogP contribution is 2.17. The van der Waals surface area contributed by atoms with E-state index in [2.05, 4.69) is 29.1 Å². The molecule has 0 radical (unpaired) electrons. The molecule has 1 amide bonds. The Bertz CT molecular complexity index is 516. The number of hydrogen-bond donors (Lipinski definition) is 1. The van der Waals surface area contributed by atoms with E-state index in [0.29, 0.717) is 5.82 Å². The number of amides is 1. The van der Waals surface area contributed by atoms with Gasteiger partial charge >= 0.3 is 0 Å². The van der Waals surface area contributed by atoms with Gasteiger partial charge in [0, 0.05) is 23.6 Å². The highest BCUT2D eigenvalue weighted by atomic mass is 16.2. The minimum atomic E-state index is -0.421. The number of nitrogens with one attached hydrogen (secondary N) is 1. The zero-order chi connectivity index (χ0) is 14.5. The maximum atomic E-state index is 11.9. The Balaban J connectivity index is 2.84. The van der Waals surface area contributed by atoms with Crippen molar-refractivity contribution < 1.29 is 4.79 Å². The van der Waals surface area contributed by atoms with Gasteiger partial charge in [-0.05, 0) is 25.0 Å². The topological polar surface area (TPSA) is 42.0 Å². The van der Waals surface area contributed by atoms with E-state index in [-0.39, 0.29) is 5.91 Å². The maximum absolute atomic E-state index is 11.9. The second-order valence-corrected chi connectivity index (χ2v) is 5.64. The number of rotatable bonds is 2. The largest absolute Gasteiger partial charge is 0.310 e. The number of carbonyl (C=O) groups excluding carboxylic acids is 1. The van der Waals surface area contributed by atoms with Gasteiger partial charge in [0.05, 0.1) is 0 Å². The van der Waals surface area contributed by atoms with Crippen molar-refractivity contribution in [3.63, 3.8) is 0 Å². The molecule has 0 aliphatic carbocycles. The molecular weight excluding hydrogens is 236 g/mol. The quantitative estimate of drug-likeness (QED) is 0.825. The number of unbranched alkanes of at least 4 members (excludes halogenated alkanes) is 1. The first kappa shape index (κ1) is 15.2. The molecule has 19 heavy (non-hydrogen) atoms. The van der Waals surface area contributed by atoms with Crippen molar-refractivity contribution in [1.82, 2.24) is 4.98 Å². The van der Waals surface area contributed by atoms with E-state index in [1.807, 2.05) is 33.8 Å². The lowest BCUT2D eigenvalue weighted by atomic mass is 9.96. The maximum Gasteiger partial charge on any atom is 0.230 e. The molecule has 0 aromatic carbocycles. The van der Waals surface area contributed by atoms with Gasteiger partial charge in [-0.1, -0.05) is 39.5 Å². The molecule has 0 saturated heterocycles. The minimum absolute atomic E-state index is 0.0378. The van der Waals surface area contributed by atoms with Crippen LogP contribution in [0.1, 0.15) is 51.7 Å². The smallest absolute Gasteiger partial charge is 0.230 e. The summed E-state index contributed by atoms with van der Waals surface area (Å²) in [6.07, 6.45) is 3.66. The number of aryl methyl sites for hydroxylation is 1. The third kappa shape index (κ3) is 4.75. The molecule has 1 aromatic rings. The van der Waals surface area contributed by atoms with Crippen LogP contribution in [0.5, 0.6) is 0 Å². The van der Waals surface area contributed by atoms with E-state index in [1.165, 1.54) is 0 Å². The lowest BCUT2D eigenvalue weighted by Crippen LogP contribution is -2.28. The molecule has 1 aromatic heterocycles. The van der Waals surface area contributed by atoms with Crippen LogP contribution >= 0.6 is 0 Å². The van der Waals surface area contributed by atoms with Crippen LogP contribution in [0, 0.1) is 24.2 Å². The summed E-state index contributed by atoms with van der Waals surface area (Å²) >= 11 is 0. The fourth-order valence-electron chi connectivity index (χ4n) is 1.34. The average Bonchev–Trinajstić information content (AvgIpc) is 2.31. The first-order valence-electron chi connectivity index (χ1n) is 6.61. The molecule has 1 N–H and O–H groups in total. The van der Waals surface area contributed by atoms with Crippen LogP contribution in [-0.4, -0.2) is 10.9 Å². The number of carbonyl (C=O) groups is 1. The summed E-state index contributed by atoms with van der Waals surface area (Å²) in [4.78, 5) is 16.1. The summed E-state index contributed by atoms with van der Waals surface area (Å²) in [5, 5.41) is 2.82. The lowest BCUT2D eigenvalue weighted by Gasteiger charge is -2.17. The molecule has 0 aliphatic heterocycles. The summed E-state index contributed by atoms with van der Waals surface area (Å²) in [6.45, 7) is 9.70. The van der Waals surface area contributed by atoms with Crippen LogP contribution in [0.25, 0.3) is 0 Å². The Morgan fingerprint density at radius 1 is 1.42 bits per heavy atom. The summed E-state index contributed by atoms with van der Waals surface area (Å²) in [6, 6.07) is 1.86. The van der Waals surface area contributed by atoms with Crippen LogP contribution < -0.4 is 5.32 Å². The monoisotopic (exact) mass is 258 g/mol. The predicted molar refractivity (Wildman–Crippen MR) is 78.8 cm³/mol. The van der Waals surface area contributed by atoms with Crippen LogP contribution in [0.4, 0.5) is 5.82 Å². The van der Waals surface area contributed by atoms with Gasteiger partial charge in [-0.3, -0.25) is 4.79 Å². The van der Waals surface area contributed by atoms with Crippen LogP contribution in [0.3, 0.4) is 0 Å².